The van der Waals surface area contributed by atoms with Crippen LogP contribution in [0.5, 0.6) is 0 Å². The van der Waals surface area contributed by atoms with E-state index in [-0.39, 0.29) is 0 Å². The van der Waals surface area contributed by atoms with Gasteiger partial charge in [-0.05, 0) is 6.54 Å². The summed E-state index contributed by atoms with van der Waals surface area (Å²) in [6, 6.07) is 0. The molecule has 0 spiro atoms. The fraction of sp³-hybridized carbons (Fsp3) is 0.857. The first-order valence-corrected chi connectivity index (χ1v) is 3.78. The quantitative estimate of drug-likeness (QED) is 0.538. The largest absolute Gasteiger partial charge is 0.365 e. The molecule has 0 aromatic rings. The predicted molar refractivity (Wildman–Crippen MR) is 40.5 cm³/mol. The molecule has 0 radical (unpaired) electrons. The lowest BCUT2D eigenvalue weighted by Crippen LogP contribution is -2.28. The summed E-state index contributed by atoms with van der Waals surface area (Å²) in [5.41, 5.74) is 5.37. The maximum absolute atomic E-state index is 5.37. The van der Waals surface area contributed by atoms with Gasteiger partial charge in [0.25, 0.3) is 0 Å². The Labute approximate surface area is 61.5 Å². The molecule has 0 aliphatic carbocycles. The van der Waals surface area contributed by atoms with Crippen molar-refractivity contribution in [1.29, 1.82) is 0 Å². The second-order valence-electron chi connectivity index (χ2n) is 2.44. The molecule has 0 atom stereocenters. The standard InChI is InChI=1S/C7H15N2O/c8-2-1-3-9-4-6-10-7-5-9/h4H,1-3,5-8H2/q+1. The number of ether oxygens (including phenoxy) is 1. The second kappa shape index (κ2) is 4.41. The van der Waals surface area contributed by atoms with Crippen molar-refractivity contribution < 1.29 is 9.31 Å². The Morgan fingerprint density at radius 1 is 1.60 bits per heavy atom. The fourth-order valence-corrected chi connectivity index (χ4v) is 1.01. The minimum Gasteiger partial charge on any atom is -0.365 e. The summed E-state index contributed by atoms with van der Waals surface area (Å²) >= 11 is 0. The van der Waals surface area contributed by atoms with Crippen LogP contribution in [-0.2, 0) is 4.74 Å². The van der Waals surface area contributed by atoms with E-state index < -0.39 is 0 Å². The lowest BCUT2D eigenvalue weighted by Gasteiger charge is -2.07. The summed E-state index contributed by atoms with van der Waals surface area (Å²) in [5.74, 6) is 0. The third-order valence-corrected chi connectivity index (χ3v) is 1.62. The molecule has 1 aliphatic rings. The molecular weight excluding hydrogens is 128 g/mol. The van der Waals surface area contributed by atoms with Gasteiger partial charge < -0.3 is 10.5 Å². The van der Waals surface area contributed by atoms with E-state index >= 15 is 0 Å². The van der Waals surface area contributed by atoms with Crippen LogP contribution in [0.15, 0.2) is 0 Å². The minimum atomic E-state index is 0.768. The van der Waals surface area contributed by atoms with Gasteiger partial charge in [-0.2, -0.15) is 0 Å². The van der Waals surface area contributed by atoms with Crippen LogP contribution in [-0.4, -0.2) is 43.6 Å². The van der Waals surface area contributed by atoms with Gasteiger partial charge in [-0.1, -0.05) is 0 Å². The number of nitrogens with two attached hydrogens (primary N) is 1. The van der Waals surface area contributed by atoms with E-state index in [1.54, 1.807) is 0 Å². The summed E-state index contributed by atoms with van der Waals surface area (Å²) in [4.78, 5) is 0. The van der Waals surface area contributed by atoms with Crippen molar-refractivity contribution in [2.75, 3.05) is 32.8 Å². The molecule has 0 aromatic heterocycles. The molecule has 3 nitrogen and oxygen atoms in total. The first kappa shape index (κ1) is 7.69. The van der Waals surface area contributed by atoms with E-state index in [1.807, 2.05) is 0 Å². The molecule has 1 aliphatic heterocycles. The summed E-state index contributed by atoms with van der Waals surface area (Å²) in [6.07, 6.45) is 3.18. The van der Waals surface area contributed by atoms with Gasteiger partial charge in [-0.3, -0.25) is 0 Å². The zero-order valence-electron chi connectivity index (χ0n) is 6.25. The van der Waals surface area contributed by atoms with Crippen molar-refractivity contribution >= 4 is 6.21 Å². The van der Waals surface area contributed by atoms with E-state index in [1.165, 1.54) is 0 Å². The molecule has 0 bridgehead atoms. The molecule has 0 unspecified atom stereocenters. The Kier molecular flexibility index (Phi) is 3.40. The molecule has 0 amide bonds. The average molecular weight is 143 g/mol. The van der Waals surface area contributed by atoms with Crippen LogP contribution in [0.25, 0.3) is 0 Å². The molecular formula is C7H15N2O+. The fourth-order valence-electron chi connectivity index (χ4n) is 1.01. The lowest BCUT2D eigenvalue weighted by atomic mass is 10.4. The van der Waals surface area contributed by atoms with Crippen LogP contribution in [0.1, 0.15) is 6.42 Å². The van der Waals surface area contributed by atoms with Crippen molar-refractivity contribution in [1.82, 2.24) is 0 Å². The highest BCUT2D eigenvalue weighted by atomic mass is 16.5. The van der Waals surface area contributed by atoms with Gasteiger partial charge in [0.05, 0.1) is 0 Å². The van der Waals surface area contributed by atoms with Gasteiger partial charge in [0.15, 0.2) is 12.8 Å². The third-order valence-electron chi connectivity index (χ3n) is 1.62. The molecule has 0 saturated heterocycles. The van der Waals surface area contributed by atoms with Crippen molar-refractivity contribution in [3.63, 3.8) is 0 Å². The van der Waals surface area contributed by atoms with Crippen LogP contribution in [0, 0.1) is 0 Å². The van der Waals surface area contributed by atoms with Crippen LogP contribution >= 0.6 is 0 Å². The SMILES string of the molecule is NCCC[N+]1=CCOCC1. The van der Waals surface area contributed by atoms with Gasteiger partial charge in [0.2, 0.25) is 0 Å². The molecule has 1 heterocycles. The van der Waals surface area contributed by atoms with Crippen molar-refractivity contribution in [2.24, 2.45) is 5.73 Å². The van der Waals surface area contributed by atoms with E-state index in [9.17, 15) is 0 Å². The molecule has 1 rings (SSSR count). The Hall–Kier alpha value is -0.410. The third kappa shape index (κ3) is 2.45. The van der Waals surface area contributed by atoms with E-state index in [4.69, 9.17) is 10.5 Å². The van der Waals surface area contributed by atoms with E-state index in [0.717, 1.165) is 39.3 Å². The Balaban J connectivity index is 2.18. The smallest absolute Gasteiger partial charge is 0.165 e. The zero-order valence-corrected chi connectivity index (χ0v) is 6.25. The molecule has 10 heavy (non-hydrogen) atoms. The van der Waals surface area contributed by atoms with Crippen LogP contribution in [0.4, 0.5) is 0 Å². The molecule has 3 heteroatoms. The minimum absolute atomic E-state index is 0.768. The number of hydrogen-bond acceptors (Lipinski definition) is 2. The Bertz CT molecular complexity index is 123. The van der Waals surface area contributed by atoms with Crippen molar-refractivity contribution in [3.8, 4) is 0 Å². The van der Waals surface area contributed by atoms with Gasteiger partial charge in [-0.15, -0.1) is 0 Å². The van der Waals surface area contributed by atoms with Crippen molar-refractivity contribution in [3.05, 3.63) is 0 Å². The summed E-state index contributed by atoms with van der Waals surface area (Å²) in [6.45, 7) is 4.52. The van der Waals surface area contributed by atoms with Crippen LogP contribution in [0.3, 0.4) is 0 Å². The molecule has 0 saturated carbocycles. The Morgan fingerprint density at radius 2 is 2.50 bits per heavy atom. The van der Waals surface area contributed by atoms with Crippen LogP contribution < -0.4 is 5.73 Å². The maximum Gasteiger partial charge on any atom is 0.165 e. The summed E-state index contributed by atoms with van der Waals surface area (Å²) in [7, 11) is 0. The number of rotatable bonds is 3. The number of hydrogen-bond donors (Lipinski definition) is 1. The highest BCUT2D eigenvalue weighted by molar-refractivity contribution is 5.52. The second-order valence-corrected chi connectivity index (χ2v) is 2.44. The van der Waals surface area contributed by atoms with Gasteiger partial charge in [-0.25, -0.2) is 4.58 Å². The van der Waals surface area contributed by atoms with Gasteiger partial charge in [0, 0.05) is 6.42 Å². The lowest BCUT2D eigenvalue weighted by molar-refractivity contribution is -0.534. The molecule has 58 valence electrons. The summed E-state index contributed by atoms with van der Waals surface area (Å²) < 4.78 is 7.43. The highest BCUT2D eigenvalue weighted by Gasteiger charge is 2.07. The molecule has 0 fully saturated rings. The van der Waals surface area contributed by atoms with Crippen LogP contribution in [0.2, 0.25) is 0 Å². The highest BCUT2D eigenvalue weighted by Crippen LogP contribution is 1.86. The predicted octanol–water partition coefficient (Wildman–Crippen LogP) is -0.551. The molecule has 0 aromatic carbocycles. The topological polar surface area (TPSA) is 38.3 Å². The van der Waals surface area contributed by atoms with Gasteiger partial charge in [0.1, 0.15) is 19.8 Å². The number of nitrogens with zero attached hydrogens (tertiary/aromatic N) is 1. The van der Waals surface area contributed by atoms with E-state index in [2.05, 4.69) is 10.8 Å². The zero-order chi connectivity index (χ0) is 7.23. The van der Waals surface area contributed by atoms with Gasteiger partial charge >= 0.3 is 0 Å². The monoisotopic (exact) mass is 143 g/mol. The summed E-state index contributed by atoms with van der Waals surface area (Å²) in [5, 5.41) is 0. The average Bonchev–Trinajstić information content (AvgIpc) is 2.03. The first-order valence-electron chi connectivity index (χ1n) is 3.78. The normalized spacial score (nSPS) is 18.7. The van der Waals surface area contributed by atoms with Crippen molar-refractivity contribution in [2.45, 2.75) is 6.42 Å². The maximum atomic E-state index is 5.37. The Morgan fingerprint density at radius 3 is 3.10 bits per heavy atom. The first-order chi connectivity index (χ1) is 4.93. The van der Waals surface area contributed by atoms with E-state index in [0.29, 0.717) is 0 Å². The molecule has 2 N–H and O–H groups in total.